The van der Waals surface area contributed by atoms with E-state index in [2.05, 4.69) is 12.2 Å². The van der Waals surface area contributed by atoms with E-state index in [4.69, 9.17) is 10.4 Å². The third-order valence-corrected chi connectivity index (χ3v) is 2.80. The minimum Gasteiger partial charge on any atom is -0.396 e. The first kappa shape index (κ1) is 13.5. The van der Waals surface area contributed by atoms with Gasteiger partial charge >= 0.3 is 0 Å². The van der Waals surface area contributed by atoms with Crippen LogP contribution in [0.1, 0.15) is 25.3 Å². The molecule has 0 amide bonds. The third-order valence-electron chi connectivity index (χ3n) is 2.80. The van der Waals surface area contributed by atoms with Gasteiger partial charge in [0.2, 0.25) is 0 Å². The number of hydrogen-bond acceptors (Lipinski definition) is 3. The quantitative estimate of drug-likeness (QED) is 0.798. The highest BCUT2D eigenvalue weighted by Crippen LogP contribution is 2.17. The molecule has 0 bridgehead atoms. The van der Waals surface area contributed by atoms with Gasteiger partial charge < -0.3 is 10.4 Å². The lowest BCUT2D eigenvalue weighted by Crippen LogP contribution is -2.15. The fourth-order valence-corrected chi connectivity index (χ4v) is 1.65. The van der Waals surface area contributed by atoms with Crippen molar-refractivity contribution in [1.82, 2.24) is 0 Å². The monoisotopic (exact) mass is 236 g/mol. The SMILES string of the molecule is CCC(CCO)CNc1ccc(F)cc1C#N. The molecule has 1 atom stereocenters. The maximum absolute atomic E-state index is 12.9. The molecule has 2 N–H and O–H groups in total. The van der Waals surface area contributed by atoms with E-state index in [1.165, 1.54) is 12.1 Å². The Morgan fingerprint density at radius 1 is 1.53 bits per heavy atom. The van der Waals surface area contributed by atoms with Gasteiger partial charge in [-0.25, -0.2) is 4.39 Å². The minimum atomic E-state index is -0.408. The van der Waals surface area contributed by atoms with Crippen LogP contribution in [0.2, 0.25) is 0 Å². The van der Waals surface area contributed by atoms with Gasteiger partial charge in [0.25, 0.3) is 0 Å². The molecule has 0 aromatic heterocycles. The van der Waals surface area contributed by atoms with Gasteiger partial charge in [-0.1, -0.05) is 13.3 Å². The molecule has 0 saturated heterocycles. The molecule has 3 nitrogen and oxygen atoms in total. The highest BCUT2D eigenvalue weighted by Gasteiger charge is 2.08. The predicted octanol–water partition coefficient (Wildman–Crippen LogP) is 2.52. The highest BCUT2D eigenvalue weighted by atomic mass is 19.1. The Hall–Kier alpha value is -1.60. The third kappa shape index (κ3) is 4.04. The standard InChI is InChI=1S/C13H17FN2O/c1-2-10(5-6-17)9-16-13-4-3-12(14)7-11(13)8-15/h3-4,7,10,16-17H,2,5-6,9H2,1H3. The van der Waals surface area contributed by atoms with Crippen LogP contribution in [0.4, 0.5) is 10.1 Å². The summed E-state index contributed by atoms with van der Waals surface area (Å²) in [5, 5.41) is 20.9. The Balaban J connectivity index is 2.65. The van der Waals surface area contributed by atoms with Crippen LogP contribution in [0.15, 0.2) is 18.2 Å². The van der Waals surface area contributed by atoms with Gasteiger partial charge in [-0.05, 0) is 30.5 Å². The van der Waals surface area contributed by atoms with Crippen molar-refractivity contribution in [3.05, 3.63) is 29.6 Å². The van der Waals surface area contributed by atoms with Crippen LogP contribution in [0.3, 0.4) is 0 Å². The summed E-state index contributed by atoms with van der Waals surface area (Å²) < 4.78 is 12.9. The van der Waals surface area contributed by atoms with Gasteiger partial charge in [0, 0.05) is 13.2 Å². The molecule has 1 rings (SSSR count). The zero-order valence-electron chi connectivity index (χ0n) is 9.91. The van der Waals surface area contributed by atoms with E-state index in [1.807, 2.05) is 6.07 Å². The maximum atomic E-state index is 12.9. The zero-order valence-corrected chi connectivity index (χ0v) is 9.91. The highest BCUT2D eigenvalue weighted by molar-refractivity contribution is 5.57. The van der Waals surface area contributed by atoms with Crippen molar-refractivity contribution in [2.45, 2.75) is 19.8 Å². The lowest BCUT2D eigenvalue weighted by molar-refractivity contribution is 0.258. The Bertz CT molecular complexity index is 401. The molecular weight excluding hydrogens is 219 g/mol. The molecule has 0 radical (unpaired) electrons. The topological polar surface area (TPSA) is 56.0 Å². The summed E-state index contributed by atoms with van der Waals surface area (Å²) in [5.41, 5.74) is 0.953. The fourth-order valence-electron chi connectivity index (χ4n) is 1.65. The normalized spacial score (nSPS) is 11.9. The lowest BCUT2D eigenvalue weighted by Gasteiger charge is -2.15. The fraction of sp³-hybridized carbons (Fsp3) is 0.462. The van der Waals surface area contributed by atoms with Crippen molar-refractivity contribution in [2.75, 3.05) is 18.5 Å². The molecular formula is C13H17FN2O. The zero-order chi connectivity index (χ0) is 12.7. The van der Waals surface area contributed by atoms with Gasteiger partial charge in [-0.2, -0.15) is 5.26 Å². The van der Waals surface area contributed by atoms with Crippen LogP contribution < -0.4 is 5.32 Å². The number of hydrogen-bond donors (Lipinski definition) is 2. The number of halogens is 1. The Kier molecular flexibility index (Phi) is 5.44. The number of aliphatic hydroxyl groups is 1. The second-order valence-electron chi connectivity index (χ2n) is 3.97. The molecule has 0 heterocycles. The van der Waals surface area contributed by atoms with Gasteiger partial charge in [0.05, 0.1) is 11.3 Å². The number of rotatable bonds is 6. The van der Waals surface area contributed by atoms with E-state index in [1.54, 1.807) is 6.07 Å². The van der Waals surface area contributed by atoms with Crippen molar-refractivity contribution >= 4 is 5.69 Å². The largest absolute Gasteiger partial charge is 0.396 e. The number of nitrogens with zero attached hydrogens (tertiary/aromatic N) is 1. The minimum absolute atomic E-state index is 0.161. The number of anilines is 1. The summed E-state index contributed by atoms with van der Waals surface area (Å²) in [7, 11) is 0. The summed E-state index contributed by atoms with van der Waals surface area (Å²) >= 11 is 0. The molecule has 0 aliphatic carbocycles. The van der Waals surface area contributed by atoms with E-state index in [-0.39, 0.29) is 6.61 Å². The van der Waals surface area contributed by atoms with Crippen LogP contribution in [-0.4, -0.2) is 18.3 Å². The summed E-state index contributed by atoms with van der Waals surface area (Å²) in [4.78, 5) is 0. The summed E-state index contributed by atoms with van der Waals surface area (Å²) in [5.74, 6) is -0.0499. The lowest BCUT2D eigenvalue weighted by atomic mass is 10.0. The summed E-state index contributed by atoms with van der Waals surface area (Å²) in [6.07, 6.45) is 1.68. The summed E-state index contributed by atoms with van der Waals surface area (Å²) in [6.45, 7) is 2.89. The molecule has 1 aromatic rings. The Labute approximate surface area is 101 Å². The van der Waals surface area contributed by atoms with Crippen LogP contribution in [-0.2, 0) is 0 Å². The van der Waals surface area contributed by atoms with Gasteiger partial charge in [0.1, 0.15) is 11.9 Å². The van der Waals surface area contributed by atoms with Crippen molar-refractivity contribution in [3.8, 4) is 6.07 Å². The van der Waals surface area contributed by atoms with Gasteiger partial charge in [-0.3, -0.25) is 0 Å². The number of aliphatic hydroxyl groups excluding tert-OH is 1. The first-order chi connectivity index (χ1) is 8.21. The number of benzene rings is 1. The number of nitrogens with one attached hydrogen (secondary N) is 1. The first-order valence-corrected chi connectivity index (χ1v) is 5.75. The van der Waals surface area contributed by atoms with E-state index in [0.717, 1.165) is 12.8 Å². The van der Waals surface area contributed by atoms with Crippen LogP contribution in [0.25, 0.3) is 0 Å². The molecule has 0 aliphatic heterocycles. The molecule has 92 valence electrons. The molecule has 0 aliphatic rings. The molecule has 1 aromatic carbocycles. The van der Waals surface area contributed by atoms with Crippen LogP contribution >= 0.6 is 0 Å². The van der Waals surface area contributed by atoms with E-state index in [9.17, 15) is 4.39 Å². The molecule has 0 fully saturated rings. The second-order valence-corrected chi connectivity index (χ2v) is 3.97. The van der Waals surface area contributed by atoms with Crippen molar-refractivity contribution in [3.63, 3.8) is 0 Å². The van der Waals surface area contributed by atoms with E-state index in [0.29, 0.717) is 23.7 Å². The van der Waals surface area contributed by atoms with E-state index >= 15 is 0 Å². The molecule has 0 saturated carbocycles. The van der Waals surface area contributed by atoms with Crippen LogP contribution in [0.5, 0.6) is 0 Å². The molecule has 1 unspecified atom stereocenters. The molecule has 0 spiro atoms. The van der Waals surface area contributed by atoms with Crippen LogP contribution in [0, 0.1) is 23.1 Å². The number of nitriles is 1. The maximum Gasteiger partial charge on any atom is 0.124 e. The van der Waals surface area contributed by atoms with E-state index < -0.39 is 5.82 Å². The average molecular weight is 236 g/mol. The average Bonchev–Trinajstić information content (AvgIpc) is 2.35. The molecule has 17 heavy (non-hydrogen) atoms. The second kappa shape index (κ2) is 6.87. The Morgan fingerprint density at radius 3 is 2.88 bits per heavy atom. The van der Waals surface area contributed by atoms with Crippen molar-refractivity contribution in [2.24, 2.45) is 5.92 Å². The first-order valence-electron chi connectivity index (χ1n) is 5.75. The van der Waals surface area contributed by atoms with Gasteiger partial charge in [0.15, 0.2) is 0 Å². The predicted molar refractivity (Wildman–Crippen MR) is 65.1 cm³/mol. The van der Waals surface area contributed by atoms with Gasteiger partial charge in [-0.15, -0.1) is 0 Å². The Morgan fingerprint density at radius 2 is 2.29 bits per heavy atom. The van der Waals surface area contributed by atoms with Crippen molar-refractivity contribution < 1.29 is 9.50 Å². The summed E-state index contributed by atoms with van der Waals surface area (Å²) in [6, 6.07) is 6.07. The molecule has 4 heteroatoms. The van der Waals surface area contributed by atoms with Crippen molar-refractivity contribution in [1.29, 1.82) is 5.26 Å². The smallest absolute Gasteiger partial charge is 0.124 e.